The molecule has 0 saturated carbocycles. The Labute approximate surface area is 177 Å². The van der Waals surface area contributed by atoms with E-state index in [4.69, 9.17) is 0 Å². The van der Waals surface area contributed by atoms with Gasteiger partial charge in [0.1, 0.15) is 17.8 Å². The van der Waals surface area contributed by atoms with Gasteiger partial charge in [-0.2, -0.15) is 10.2 Å². The molecule has 3 aromatic heterocycles. The van der Waals surface area contributed by atoms with E-state index in [-0.39, 0.29) is 11.9 Å². The van der Waals surface area contributed by atoms with Gasteiger partial charge < -0.3 is 9.88 Å². The van der Waals surface area contributed by atoms with Crippen LogP contribution in [0.3, 0.4) is 0 Å². The van der Waals surface area contributed by atoms with Crippen molar-refractivity contribution in [1.29, 1.82) is 0 Å². The average molecular weight is 417 g/mol. The summed E-state index contributed by atoms with van der Waals surface area (Å²) in [4.78, 5) is 19.2. The van der Waals surface area contributed by atoms with Crippen molar-refractivity contribution in [2.24, 2.45) is 0 Å². The molecule has 8 nitrogen and oxygen atoms in total. The fraction of sp³-hybridized carbons (Fsp3) is 0.143. The Balaban J connectivity index is 1.52. The average Bonchev–Trinajstić information content (AvgIpc) is 3.25. The number of benzene rings is 1. The van der Waals surface area contributed by atoms with Crippen LogP contribution in [-0.2, 0) is 0 Å². The molecule has 0 aliphatic carbocycles. The first-order valence-electron chi connectivity index (χ1n) is 9.33. The van der Waals surface area contributed by atoms with E-state index >= 15 is 0 Å². The summed E-state index contributed by atoms with van der Waals surface area (Å²) in [7, 11) is 0. The first kappa shape index (κ1) is 19.7. The van der Waals surface area contributed by atoms with Crippen molar-refractivity contribution in [3.8, 4) is 11.5 Å². The molecule has 0 fully saturated rings. The molecular weight excluding hydrogens is 398 g/mol. The highest BCUT2D eigenvalue weighted by Gasteiger charge is 2.13. The predicted octanol–water partition coefficient (Wildman–Crippen LogP) is 4.11. The van der Waals surface area contributed by atoms with Gasteiger partial charge in [-0.25, -0.2) is 4.98 Å². The lowest BCUT2D eigenvalue weighted by molar-refractivity contribution is 0.102. The molecule has 0 bridgehead atoms. The van der Waals surface area contributed by atoms with Crippen LogP contribution in [0, 0.1) is 0 Å². The fourth-order valence-corrected chi connectivity index (χ4v) is 3.63. The maximum Gasteiger partial charge on any atom is 0.256 e. The summed E-state index contributed by atoms with van der Waals surface area (Å²) in [6.07, 6.45) is 4.99. The number of hydrogen-bond acceptors (Lipinski definition) is 7. The van der Waals surface area contributed by atoms with Gasteiger partial charge in [0.05, 0.1) is 12.4 Å². The van der Waals surface area contributed by atoms with Crippen molar-refractivity contribution in [3.05, 3.63) is 72.8 Å². The van der Waals surface area contributed by atoms with Crippen LogP contribution in [-0.4, -0.2) is 35.9 Å². The molecule has 150 valence electrons. The van der Waals surface area contributed by atoms with Gasteiger partial charge in [0.2, 0.25) is 0 Å². The second-order valence-electron chi connectivity index (χ2n) is 6.73. The lowest BCUT2D eigenvalue weighted by Crippen LogP contribution is -2.13. The van der Waals surface area contributed by atoms with Crippen LogP contribution in [0.15, 0.2) is 77.0 Å². The Bertz CT molecular complexity index is 1160. The van der Waals surface area contributed by atoms with Crippen LogP contribution in [0.4, 0.5) is 5.82 Å². The summed E-state index contributed by atoms with van der Waals surface area (Å²) in [5, 5.41) is 18.6. The third-order valence-corrected chi connectivity index (χ3v) is 5.21. The van der Waals surface area contributed by atoms with Gasteiger partial charge >= 0.3 is 0 Å². The van der Waals surface area contributed by atoms with E-state index < -0.39 is 0 Å². The minimum atomic E-state index is -0.236. The van der Waals surface area contributed by atoms with E-state index in [0.29, 0.717) is 22.9 Å². The summed E-state index contributed by atoms with van der Waals surface area (Å²) in [5.41, 5.74) is 1.19. The molecule has 0 atom stereocenters. The molecule has 0 unspecified atom stereocenters. The predicted molar refractivity (Wildman–Crippen MR) is 114 cm³/mol. The van der Waals surface area contributed by atoms with Crippen LogP contribution in [0.1, 0.15) is 30.2 Å². The van der Waals surface area contributed by atoms with Crippen LogP contribution >= 0.6 is 11.8 Å². The third-order valence-electron chi connectivity index (χ3n) is 4.24. The Morgan fingerprint density at radius 3 is 2.70 bits per heavy atom. The second-order valence-corrected chi connectivity index (χ2v) is 7.87. The standard InChI is InChI=1S/C21H19N7OS/c1-14(2)28-13-24-27-20(28)18-7-4-8-19(25-18)26-21(29)15-5-3-6-16(11-15)30-17-9-10-22-23-12-17/h3-14H,1-2H3,(H,25,26,29). The van der Waals surface area contributed by atoms with Gasteiger partial charge in [-0.05, 0) is 50.2 Å². The van der Waals surface area contributed by atoms with Gasteiger partial charge in [0.25, 0.3) is 5.91 Å². The van der Waals surface area contributed by atoms with Gasteiger partial charge in [0.15, 0.2) is 5.82 Å². The zero-order chi connectivity index (χ0) is 20.9. The molecular formula is C21H19N7OS. The number of amides is 1. The Morgan fingerprint density at radius 1 is 1.03 bits per heavy atom. The van der Waals surface area contributed by atoms with Crippen LogP contribution in [0.5, 0.6) is 0 Å². The van der Waals surface area contributed by atoms with Crippen molar-refractivity contribution < 1.29 is 4.79 Å². The minimum Gasteiger partial charge on any atom is -0.310 e. The Hall–Kier alpha value is -3.59. The number of hydrogen-bond donors (Lipinski definition) is 1. The molecule has 4 aromatic rings. The molecule has 0 saturated heterocycles. The van der Waals surface area contributed by atoms with Crippen molar-refractivity contribution in [3.63, 3.8) is 0 Å². The number of nitrogens with one attached hydrogen (secondary N) is 1. The molecule has 4 rings (SSSR count). The molecule has 0 radical (unpaired) electrons. The van der Waals surface area contributed by atoms with Crippen LogP contribution in [0.2, 0.25) is 0 Å². The Kier molecular flexibility index (Phi) is 5.80. The summed E-state index contributed by atoms with van der Waals surface area (Å²) in [6.45, 7) is 4.09. The van der Waals surface area contributed by atoms with Gasteiger partial charge in [-0.1, -0.05) is 23.9 Å². The molecule has 0 spiro atoms. The largest absolute Gasteiger partial charge is 0.310 e. The van der Waals surface area contributed by atoms with Gasteiger partial charge in [0, 0.05) is 21.4 Å². The normalized spacial score (nSPS) is 10.9. The van der Waals surface area contributed by atoms with Gasteiger partial charge in [-0.3, -0.25) is 4.79 Å². The zero-order valence-corrected chi connectivity index (χ0v) is 17.2. The van der Waals surface area contributed by atoms with Crippen LogP contribution in [0.25, 0.3) is 11.5 Å². The Morgan fingerprint density at radius 2 is 1.90 bits per heavy atom. The number of aromatic nitrogens is 6. The summed E-state index contributed by atoms with van der Waals surface area (Å²) in [6, 6.07) is 14.9. The SMILES string of the molecule is CC(C)n1cnnc1-c1cccc(NC(=O)c2cccc(Sc3ccnnc3)c2)n1. The van der Waals surface area contributed by atoms with E-state index in [1.54, 1.807) is 30.9 Å². The number of carbonyl (C=O) groups excluding carboxylic acids is 1. The summed E-state index contributed by atoms with van der Waals surface area (Å²) in [5.74, 6) is 0.873. The van der Waals surface area contributed by atoms with E-state index in [9.17, 15) is 4.79 Å². The second kappa shape index (κ2) is 8.83. The van der Waals surface area contributed by atoms with Crippen molar-refractivity contribution in [2.45, 2.75) is 29.7 Å². The molecule has 30 heavy (non-hydrogen) atoms. The van der Waals surface area contributed by atoms with Crippen molar-refractivity contribution >= 4 is 23.5 Å². The van der Waals surface area contributed by atoms with Gasteiger partial charge in [-0.15, -0.1) is 10.2 Å². The maximum absolute atomic E-state index is 12.8. The lowest BCUT2D eigenvalue weighted by atomic mass is 10.2. The molecule has 0 aliphatic rings. The first-order valence-corrected chi connectivity index (χ1v) is 10.1. The number of anilines is 1. The number of rotatable bonds is 6. The highest BCUT2D eigenvalue weighted by atomic mass is 32.2. The van der Waals surface area contributed by atoms with E-state index in [1.807, 2.05) is 54.8 Å². The lowest BCUT2D eigenvalue weighted by Gasteiger charge is -2.11. The van der Waals surface area contributed by atoms with E-state index in [0.717, 1.165) is 9.79 Å². The summed E-state index contributed by atoms with van der Waals surface area (Å²) >= 11 is 1.51. The van der Waals surface area contributed by atoms with E-state index in [2.05, 4.69) is 30.7 Å². The smallest absolute Gasteiger partial charge is 0.256 e. The summed E-state index contributed by atoms with van der Waals surface area (Å²) < 4.78 is 1.93. The topological polar surface area (TPSA) is 98.5 Å². The molecule has 1 amide bonds. The third kappa shape index (κ3) is 4.52. The quantitative estimate of drug-likeness (QED) is 0.504. The van der Waals surface area contributed by atoms with Crippen LogP contribution < -0.4 is 5.32 Å². The van der Waals surface area contributed by atoms with E-state index in [1.165, 1.54) is 11.8 Å². The first-order chi connectivity index (χ1) is 14.6. The highest BCUT2D eigenvalue weighted by molar-refractivity contribution is 7.99. The molecule has 9 heteroatoms. The number of nitrogens with zero attached hydrogens (tertiary/aromatic N) is 6. The maximum atomic E-state index is 12.8. The molecule has 0 aliphatic heterocycles. The molecule has 1 N–H and O–H groups in total. The molecule has 1 aromatic carbocycles. The highest BCUT2D eigenvalue weighted by Crippen LogP contribution is 2.27. The van der Waals surface area contributed by atoms with Crippen molar-refractivity contribution in [2.75, 3.05) is 5.32 Å². The minimum absolute atomic E-state index is 0.200. The number of pyridine rings is 1. The van der Waals surface area contributed by atoms with Crippen molar-refractivity contribution in [1.82, 2.24) is 29.9 Å². The molecule has 3 heterocycles. The monoisotopic (exact) mass is 417 g/mol. The fourth-order valence-electron chi connectivity index (χ4n) is 2.80. The zero-order valence-electron chi connectivity index (χ0n) is 16.4. The number of carbonyl (C=O) groups is 1.